The van der Waals surface area contributed by atoms with E-state index in [1.54, 1.807) is 12.1 Å². The number of piperidine rings is 1. The molecule has 1 aromatic carbocycles. The number of rotatable bonds is 3. The fourth-order valence-corrected chi connectivity index (χ4v) is 2.97. The molecule has 1 aromatic heterocycles. The Morgan fingerprint density at radius 3 is 3.00 bits per heavy atom. The van der Waals surface area contributed by atoms with Crippen LogP contribution in [-0.4, -0.2) is 34.3 Å². The number of carbonyl (C=O) groups is 1. The van der Waals surface area contributed by atoms with Crippen LogP contribution in [0.5, 0.6) is 0 Å². The summed E-state index contributed by atoms with van der Waals surface area (Å²) in [5.74, 6) is -0.490. The van der Waals surface area contributed by atoms with Gasteiger partial charge in [0, 0.05) is 23.7 Å². The van der Waals surface area contributed by atoms with E-state index in [9.17, 15) is 9.90 Å². The summed E-state index contributed by atoms with van der Waals surface area (Å²) in [4.78, 5) is 17.4. The lowest BCUT2D eigenvalue weighted by molar-refractivity contribution is -0.142. The molecule has 7 heteroatoms. The third kappa shape index (κ3) is 3.06. The van der Waals surface area contributed by atoms with Crippen molar-refractivity contribution in [3.05, 3.63) is 29.3 Å². The van der Waals surface area contributed by atoms with Crippen LogP contribution in [0, 0.1) is 11.8 Å². The Morgan fingerprint density at radius 1 is 1.45 bits per heavy atom. The first-order valence-electron chi connectivity index (χ1n) is 7.10. The van der Waals surface area contributed by atoms with E-state index in [2.05, 4.69) is 10.1 Å². The number of anilines is 1. The molecule has 1 fully saturated rings. The van der Waals surface area contributed by atoms with Gasteiger partial charge >= 0.3 is 12.0 Å². The highest BCUT2D eigenvalue weighted by Gasteiger charge is 2.32. The van der Waals surface area contributed by atoms with Gasteiger partial charge in [-0.15, -0.1) is 0 Å². The maximum atomic E-state index is 11.2. The lowest BCUT2D eigenvalue weighted by atomic mass is 9.91. The largest absolute Gasteiger partial charge is 0.481 e. The Bertz CT molecular complexity index is 688. The van der Waals surface area contributed by atoms with Gasteiger partial charge in [-0.25, -0.2) is 0 Å². The molecule has 0 spiro atoms. The molecule has 0 amide bonds. The summed E-state index contributed by atoms with van der Waals surface area (Å²) in [7, 11) is 0. The first-order chi connectivity index (χ1) is 10.5. The van der Waals surface area contributed by atoms with Crippen molar-refractivity contribution in [1.82, 2.24) is 10.1 Å². The van der Waals surface area contributed by atoms with Gasteiger partial charge in [-0.1, -0.05) is 35.8 Å². The van der Waals surface area contributed by atoms with E-state index in [0.717, 1.165) is 5.56 Å². The molecular formula is C15H16ClN3O3. The van der Waals surface area contributed by atoms with Crippen molar-refractivity contribution in [3.63, 3.8) is 0 Å². The van der Waals surface area contributed by atoms with Gasteiger partial charge in [-0.05, 0) is 24.5 Å². The second-order valence-corrected chi connectivity index (χ2v) is 6.13. The van der Waals surface area contributed by atoms with Crippen LogP contribution in [0.4, 0.5) is 6.01 Å². The number of nitrogens with zero attached hydrogens (tertiary/aromatic N) is 3. The van der Waals surface area contributed by atoms with Crippen molar-refractivity contribution >= 4 is 23.6 Å². The smallest absolute Gasteiger partial charge is 0.324 e. The van der Waals surface area contributed by atoms with Crippen molar-refractivity contribution in [3.8, 4) is 11.4 Å². The van der Waals surface area contributed by atoms with Crippen molar-refractivity contribution in [1.29, 1.82) is 0 Å². The predicted octanol–water partition coefficient (Wildman–Crippen LogP) is 2.94. The average molecular weight is 322 g/mol. The number of halogens is 1. The minimum absolute atomic E-state index is 0.261. The number of aromatic nitrogens is 2. The monoisotopic (exact) mass is 321 g/mol. The van der Waals surface area contributed by atoms with Gasteiger partial charge in [0.15, 0.2) is 0 Å². The van der Waals surface area contributed by atoms with Crippen LogP contribution >= 0.6 is 11.6 Å². The maximum absolute atomic E-state index is 11.2. The van der Waals surface area contributed by atoms with Gasteiger partial charge in [-0.2, -0.15) is 4.98 Å². The zero-order valence-corrected chi connectivity index (χ0v) is 12.8. The third-order valence-corrected chi connectivity index (χ3v) is 4.01. The molecule has 2 aromatic rings. The topological polar surface area (TPSA) is 79.5 Å². The predicted molar refractivity (Wildman–Crippen MR) is 81.9 cm³/mol. The van der Waals surface area contributed by atoms with Gasteiger partial charge in [0.05, 0.1) is 5.92 Å². The van der Waals surface area contributed by atoms with Gasteiger partial charge in [-0.3, -0.25) is 4.79 Å². The number of hydrogen-bond donors (Lipinski definition) is 1. The Balaban J connectivity index is 1.82. The van der Waals surface area contributed by atoms with E-state index in [-0.39, 0.29) is 5.92 Å². The van der Waals surface area contributed by atoms with Crippen LogP contribution in [0.25, 0.3) is 11.4 Å². The molecule has 0 saturated carbocycles. The molecule has 1 saturated heterocycles. The lowest BCUT2D eigenvalue weighted by Crippen LogP contribution is -2.42. The standard InChI is InChI=1S/C15H16ClN3O3/c1-9-5-11(14(20)21)8-19(7-9)15-17-13(18-22-15)10-3-2-4-12(16)6-10/h2-4,6,9,11H,5,7-8H2,1H3,(H,20,21). The van der Waals surface area contributed by atoms with E-state index in [0.29, 0.717) is 36.4 Å². The number of aliphatic carboxylic acids is 1. The molecule has 0 bridgehead atoms. The van der Waals surface area contributed by atoms with Crippen LogP contribution in [0.3, 0.4) is 0 Å². The number of carboxylic acid groups (broad SMARTS) is 1. The van der Waals surface area contributed by atoms with E-state index in [4.69, 9.17) is 16.1 Å². The maximum Gasteiger partial charge on any atom is 0.324 e. The summed E-state index contributed by atoms with van der Waals surface area (Å²) in [5, 5.41) is 13.8. The van der Waals surface area contributed by atoms with Gasteiger partial charge in [0.2, 0.25) is 5.82 Å². The van der Waals surface area contributed by atoms with Crippen LogP contribution in [0.1, 0.15) is 13.3 Å². The molecule has 2 atom stereocenters. The van der Waals surface area contributed by atoms with Crippen LogP contribution < -0.4 is 4.90 Å². The van der Waals surface area contributed by atoms with Crippen molar-refractivity contribution in [2.75, 3.05) is 18.0 Å². The molecule has 22 heavy (non-hydrogen) atoms. The summed E-state index contributed by atoms with van der Waals surface area (Å²) in [6.07, 6.45) is 0.668. The van der Waals surface area contributed by atoms with Crippen molar-refractivity contribution in [2.24, 2.45) is 11.8 Å². The molecule has 2 unspecified atom stereocenters. The second kappa shape index (κ2) is 5.96. The molecule has 1 N–H and O–H groups in total. The summed E-state index contributed by atoms with van der Waals surface area (Å²) in [6.45, 7) is 3.12. The van der Waals surface area contributed by atoms with E-state index in [1.807, 2.05) is 24.0 Å². The second-order valence-electron chi connectivity index (χ2n) is 5.69. The molecule has 1 aliphatic rings. The van der Waals surface area contributed by atoms with E-state index in [1.165, 1.54) is 0 Å². The highest BCUT2D eigenvalue weighted by atomic mass is 35.5. The van der Waals surface area contributed by atoms with E-state index >= 15 is 0 Å². The molecule has 116 valence electrons. The summed E-state index contributed by atoms with van der Waals surface area (Å²) < 4.78 is 5.30. The SMILES string of the molecule is CC1CC(C(=O)O)CN(c2nc(-c3cccc(Cl)c3)no2)C1. The highest BCUT2D eigenvalue weighted by Crippen LogP contribution is 2.28. The minimum Gasteiger partial charge on any atom is -0.481 e. The fourth-order valence-electron chi connectivity index (χ4n) is 2.78. The Kier molecular flexibility index (Phi) is 4.02. The molecule has 0 radical (unpaired) electrons. The number of carboxylic acids is 1. The Hall–Kier alpha value is -2.08. The Morgan fingerprint density at radius 2 is 2.27 bits per heavy atom. The molecular weight excluding hydrogens is 306 g/mol. The number of hydrogen-bond acceptors (Lipinski definition) is 5. The third-order valence-electron chi connectivity index (χ3n) is 3.78. The quantitative estimate of drug-likeness (QED) is 0.936. The normalized spacial score (nSPS) is 21.8. The van der Waals surface area contributed by atoms with Crippen LogP contribution in [0.2, 0.25) is 5.02 Å². The zero-order chi connectivity index (χ0) is 15.7. The van der Waals surface area contributed by atoms with Gasteiger partial charge < -0.3 is 14.5 Å². The zero-order valence-electron chi connectivity index (χ0n) is 12.1. The lowest BCUT2D eigenvalue weighted by Gasteiger charge is -2.33. The van der Waals surface area contributed by atoms with Crippen molar-refractivity contribution in [2.45, 2.75) is 13.3 Å². The molecule has 6 nitrogen and oxygen atoms in total. The first kappa shape index (κ1) is 14.8. The average Bonchev–Trinajstić information content (AvgIpc) is 2.96. The van der Waals surface area contributed by atoms with Crippen LogP contribution in [-0.2, 0) is 4.79 Å². The molecule has 0 aliphatic carbocycles. The fraction of sp³-hybridized carbons (Fsp3) is 0.400. The minimum atomic E-state index is -0.786. The highest BCUT2D eigenvalue weighted by molar-refractivity contribution is 6.30. The van der Waals surface area contributed by atoms with Crippen molar-refractivity contribution < 1.29 is 14.4 Å². The summed E-state index contributed by atoms with van der Waals surface area (Å²) >= 11 is 5.96. The number of benzene rings is 1. The summed E-state index contributed by atoms with van der Waals surface area (Å²) in [5.41, 5.74) is 0.766. The molecule has 2 heterocycles. The Labute approximate surface area is 132 Å². The van der Waals surface area contributed by atoms with Gasteiger partial charge in [0.1, 0.15) is 0 Å². The summed E-state index contributed by atoms with van der Waals surface area (Å²) in [6, 6.07) is 7.55. The molecule has 1 aliphatic heterocycles. The van der Waals surface area contributed by atoms with Crippen LogP contribution in [0.15, 0.2) is 28.8 Å². The first-order valence-corrected chi connectivity index (χ1v) is 7.48. The molecule has 3 rings (SSSR count). The van der Waals surface area contributed by atoms with Gasteiger partial charge in [0.25, 0.3) is 0 Å². The van der Waals surface area contributed by atoms with E-state index < -0.39 is 11.9 Å².